The van der Waals surface area contributed by atoms with E-state index in [1.165, 1.54) is 5.56 Å². The quantitative estimate of drug-likeness (QED) is 0.587. The number of nitrogens with one attached hydrogen (secondary N) is 2. The van der Waals surface area contributed by atoms with Crippen molar-refractivity contribution in [1.29, 1.82) is 0 Å². The number of carbonyl (C=O) groups excluding carboxylic acids is 1. The fourth-order valence-corrected chi connectivity index (χ4v) is 5.90. The van der Waals surface area contributed by atoms with Crippen molar-refractivity contribution >= 4 is 11.7 Å². The molecule has 2 aromatic carbocycles. The maximum Gasteiger partial charge on any atom is 0.319 e. The van der Waals surface area contributed by atoms with Crippen LogP contribution in [0.25, 0.3) is 0 Å². The van der Waals surface area contributed by atoms with Gasteiger partial charge in [0, 0.05) is 29.1 Å². The van der Waals surface area contributed by atoms with Crippen molar-refractivity contribution < 1.29 is 23.0 Å². The number of benzene rings is 2. The number of likely N-dealkylation sites (tertiary alicyclic amines) is 1. The zero-order valence-corrected chi connectivity index (χ0v) is 21.1. The van der Waals surface area contributed by atoms with E-state index in [0.29, 0.717) is 11.5 Å². The maximum absolute atomic E-state index is 14.0. The van der Waals surface area contributed by atoms with E-state index < -0.39 is 17.7 Å². The minimum Gasteiger partial charge on any atom is -0.493 e. The SMILES string of the molecule is COc1ccc([C@@]23CC[C@H](NC(=O)Nc4cc(F)ccc4F)C[C@H]2N(C(C)(C)C)CC3)cc1OC. The molecule has 2 aromatic rings. The van der Waals surface area contributed by atoms with Crippen LogP contribution in [0.3, 0.4) is 0 Å². The number of carbonyl (C=O) groups is 1. The zero-order valence-electron chi connectivity index (χ0n) is 21.1. The van der Waals surface area contributed by atoms with Crippen LogP contribution >= 0.6 is 0 Å². The molecule has 0 bridgehead atoms. The lowest BCUT2D eigenvalue weighted by Crippen LogP contribution is -2.56. The van der Waals surface area contributed by atoms with E-state index >= 15 is 0 Å². The molecule has 0 aromatic heterocycles. The van der Waals surface area contributed by atoms with Gasteiger partial charge in [-0.05, 0) is 82.8 Å². The summed E-state index contributed by atoms with van der Waals surface area (Å²) in [5.74, 6) is 0.133. The van der Waals surface area contributed by atoms with Crippen molar-refractivity contribution in [3.63, 3.8) is 0 Å². The summed E-state index contributed by atoms with van der Waals surface area (Å²) in [5.41, 5.74) is 0.931. The van der Waals surface area contributed by atoms with Crippen LogP contribution in [0.2, 0.25) is 0 Å². The van der Waals surface area contributed by atoms with Gasteiger partial charge in [-0.25, -0.2) is 13.6 Å². The first-order valence-corrected chi connectivity index (χ1v) is 12.1. The van der Waals surface area contributed by atoms with Gasteiger partial charge in [-0.15, -0.1) is 0 Å². The first-order chi connectivity index (χ1) is 16.6. The van der Waals surface area contributed by atoms with Crippen LogP contribution in [0.1, 0.15) is 52.0 Å². The minimum absolute atomic E-state index is 0.0438. The monoisotopic (exact) mass is 487 g/mol. The van der Waals surface area contributed by atoms with Gasteiger partial charge in [0.15, 0.2) is 11.5 Å². The topological polar surface area (TPSA) is 62.8 Å². The van der Waals surface area contributed by atoms with Crippen molar-refractivity contribution in [2.24, 2.45) is 0 Å². The zero-order chi connectivity index (χ0) is 25.4. The number of urea groups is 1. The molecule has 2 aliphatic rings. The lowest BCUT2D eigenvalue weighted by Gasteiger charge is -2.48. The summed E-state index contributed by atoms with van der Waals surface area (Å²) in [6, 6.07) is 8.77. The molecule has 1 aliphatic carbocycles. The molecule has 0 unspecified atom stereocenters. The molecule has 1 saturated heterocycles. The van der Waals surface area contributed by atoms with Crippen LogP contribution in [0.15, 0.2) is 36.4 Å². The number of ether oxygens (including phenoxy) is 2. The molecule has 1 saturated carbocycles. The molecule has 2 fully saturated rings. The summed E-state index contributed by atoms with van der Waals surface area (Å²) in [6.45, 7) is 7.60. The molecule has 190 valence electrons. The Balaban J connectivity index is 1.57. The van der Waals surface area contributed by atoms with E-state index in [0.717, 1.165) is 50.4 Å². The highest BCUT2D eigenvalue weighted by molar-refractivity contribution is 5.89. The molecule has 1 heterocycles. The summed E-state index contributed by atoms with van der Waals surface area (Å²) in [4.78, 5) is 15.2. The van der Waals surface area contributed by atoms with Gasteiger partial charge < -0.3 is 20.1 Å². The van der Waals surface area contributed by atoms with E-state index in [1.807, 2.05) is 6.07 Å². The van der Waals surface area contributed by atoms with Crippen LogP contribution in [0.4, 0.5) is 19.3 Å². The second kappa shape index (κ2) is 9.64. The highest BCUT2D eigenvalue weighted by Crippen LogP contribution is 2.52. The van der Waals surface area contributed by atoms with Gasteiger partial charge in [0.1, 0.15) is 11.6 Å². The summed E-state index contributed by atoms with van der Waals surface area (Å²) in [7, 11) is 3.28. The Hall–Kier alpha value is -2.87. The molecule has 4 rings (SSSR count). The first kappa shape index (κ1) is 25.2. The lowest BCUT2D eigenvalue weighted by molar-refractivity contribution is 0.0655. The molecule has 35 heavy (non-hydrogen) atoms. The third-order valence-corrected chi connectivity index (χ3v) is 7.59. The van der Waals surface area contributed by atoms with Gasteiger partial charge in [-0.3, -0.25) is 4.90 Å². The van der Waals surface area contributed by atoms with Crippen LogP contribution < -0.4 is 20.1 Å². The molecule has 3 atom stereocenters. The maximum atomic E-state index is 14.0. The van der Waals surface area contributed by atoms with Crippen molar-refractivity contribution in [3.05, 3.63) is 53.6 Å². The first-order valence-electron chi connectivity index (χ1n) is 12.1. The number of amides is 2. The Bertz CT molecular complexity index is 1090. The van der Waals surface area contributed by atoms with Crippen LogP contribution in [-0.4, -0.2) is 49.3 Å². The van der Waals surface area contributed by atoms with Crippen molar-refractivity contribution in [1.82, 2.24) is 10.2 Å². The van der Waals surface area contributed by atoms with E-state index in [9.17, 15) is 13.6 Å². The molecular formula is C27H35F2N3O3. The highest BCUT2D eigenvalue weighted by Gasteiger charge is 2.54. The fourth-order valence-electron chi connectivity index (χ4n) is 5.90. The standard InChI is InChI=1S/C27H35F2N3O3/c1-26(2,3)32-13-12-27(17-6-9-22(34-4)23(14-17)35-5)11-10-19(16-24(27)32)30-25(33)31-21-15-18(28)7-8-20(21)29/h6-9,14-15,19,24H,10-13,16H2,1-5H3,(H2,30,31,33)/t19-,24+,27-/m0/s1. The van der Waals surface area contributed by atoms with Gasteiger partial charge in [-0.1, -0.05) is 6.07 Å². The predicted molar refractivity (Wildman–Crippen MR) is 132 cm³/mol. The number of anilines is 1. The molecular weight excluding hydrogens is 452 g/mol. The summed E-state index contributed by atoms with van der Waals surface area (Å²) >= 11 is 0. The smallest absolute Gasteiger partial charge is 0.319 e. The molecule has 6 nitrogen and oxygen atoms in total. The second-order valence-electron chi connectivity index (χ2n) is 10.5. The minimum atomic E-state index is -0.674. The van der Waals surface area contributed by atoms with E-state index in [1.54, 1.807) is 14.2 Å². The molecule has 8 heteroatoms. The Kier molecular flexibility index (Phi) is 6.95. The molecule has 0 radical (unpaired) electrons. The predicted octanol–water partition coefficient (Wildman–Crippen LogP) is 5.47. The van der Waals surface area contributed by atoms with Crippen LogP contribution in [-0.2, 0) is 5.41 Å². The molecule has 2 amide bonds. The van der Waals surface area contributed by atoms with Crippen molar-refractivity contribution in [3.8, 4) is 11.5 Å². The van der Waals surface area contributed by atoms with Crippen molar-refractivity contribution in [2.45, 2.75) is 69.5 Å². The number of hydrogen-bond acceptors (Lipinski definition) is 4. The van der Waals surface area contributed by atoms with Gasteiger partial charge in [0.2, 0.25) is 0 Å². The average Bonchev–Trinajstić information content (AvgIpc) is 3.21. The molecule has 0 spiro atoms. The van der Waals surface area contributed by atoms with Gasteiger partial charge in [-0.2, -0.15) is 0 Å². The van der Waals surface area contributed by atoms with Crippen molar-refractivity contribution in [2.75, 3.05) is 26.1 Å². The third-order valence-electron chi connectivity index (χ3n) is 7.59. The fraction of sp³-hybridized carbons (Fsp3) is 0.519. The lowest BCUT2D eigenvalue weighted by atomic mass is 9.64. The van der Waals surface area contributed by atoms with E-state index in [-0.39, 0.29) is 28.7 Å². The van der Waals surface area contributed by atoms with E-state index in [2.05, 4.69) is 48.4 Å². The van der Waals surface area contributed by atoms with Crippen LogP contribution in [0.5, 0.6) is 11.5 Å². The molecule has 1 aliphatic heterocycles. The number of hydrogen-bond donors (Lipinski definition) is 2. The number of rotatable bonds is 5. The Labute approximate surface area is 206 Å². The number of methoxy groups -OCH3 is 2. The third kappa shape index (κ3) is 4.94. The van der Waals surface area contributed by atoms with E-state index in [4.69, 9.17) is 9.47 Å². The highest BCUT2D eigenvalue weighted by atomic mass is 19.1. The number of halogens is 2. The van der Waals surface area contributed by atoms with Gasteiger partial charge in [0.25, 0.3) is 0 Å². The Morgan fingerprint density at radius 2 is 1.80 bits per heavy atom. The van der Waals surface area contributed by atoms with Gasteiger partial charge in [0.05, 0.1) is 19.9 Å². The number of fused-ring (bicyclic) bond motifs is 1. The molecule has 2 N–H and O–H groups in total. The van der Waals surface area contributed by atoms with Gasteiger partial charge >= 0.3 is 6.03 Å². The average molecular weight is 488 g/mol. The summed E-state index contributed by atoms with van der Waals surface area (Å²) in [5, 5.41) is 5.46. The summed E-state index contributed by atoms with van der Waals surface area (Å²) in [6.07, 6.45) is 3.43. The number of nitrogens with zero attached hydrogens (tertiary/aromatic N) is 1. The second-order valence-corrected chi connectivity index (χ2v) is 10.5. The Morgan fingerprint density at radius 1 is 1.06 bits per heavy atom. The largest absolute Gasteiger partial charge is 0.493 e. The summed E-state index contributed by atoms with van der Waals surface area (Å²) < 4.78 is 38.5. The van der Waals surface area contributed by atoms with Crippen LogP contribution in [0, 0.1) is 11.6 Å². The normalized spacial score (nSPS) is 24.5. The Morgan fingerprint density at radius 3 is 2.49 bits per heavy atom.